The molecule has 0 heterocycles. The van der Waals surface area contributed by atoms with Gasteiger partial charge in [-0.3, -0.25) is 0 Å². The Labute approximate surface area is 790 Å². The molecule has 0 aliphatic heterocycles. The first-order valence-electron chi connectivity index (χ1n) is 48.9. The molecular weight excluding hydrogens is 1790 g/mol. The molecule has 3 unspecified atom stereocenters. The van der Waals surface area contributed by atoms with Crippen molar-refractivity contribution < 1.29 is 39.0 Å². The number of aryl methyl sites for hydroxylation is 6. The summed E-state index contributed by atoms with van der Waals surface area (Å²) in [5.74, 6) is -0.0196. The summed E-state index contributed by atoms with van der Waals surface area (Å²) in [5, 5.41) is 59.9. The fraction of sp³-hybridized carbons (Fsp3) is 0.136. The third kappa shape index (κ3) is 4.91. The molecule has 27 aromatic rings. The molecule has 46 rings (SSSR count). The maximum atomic E-state index is 2.79. The molecule has 27 aromatic carbocycles. The summed E-state index contributed by atoms with van der Waals surface area (Å²) in [5.41, 5.74) is 56.0. The van der Waals surface area contributed by atoms with Gasteiger partial charge in [0.05, 0.1) is 37.9 Å². The maximum absolute atomic E-state index is 2.79. The van der Waals surface area contributed by atoms with E-state index in [4.69, 9.17) is 0 Å². The SMILES string of the molecule is Cc1ccc(C23C4=C5C6=c7c4c4c8c9c7=c7c%10c%11c%12c(c%13c%14c%15c(c2c2c%16c3c4c3c4c%16c%16c%17c%18c%19c%20c%21c%22c%23c%19c%19c%24c(c%11c%11c(c%25c(c7%11)[C@]9(c7ccc(C)cc7)c7c(c-%21c(c3c78)C4(c3ccc(C(C)(C)C)cc3)[C@@H]%20%17)[C@@]%22%25c3ccc(C)cc3)C%23%24c3ccc(C)cc3)c3c%12c%14c4c3c%19c%18c3c%16c2c%15c34)[C@@]5%13c2ccc(C)cc2)[C@@]6%10c2ccc(C)cc2)cc1.[Ru+].[Ru+].c1cc[cH-]c1.c1cc[cH-]c1. The van der Waals surface area contributed by atoms with Crippen LogP contribution in [0.3, 0.4) is 0 Å². The van der Waals surface area contributed by atoms with E-state index in [9.17, 15) is 0 Å². The van der Waals surface area contributed by atoms with Crippen molar-refractivity contribution in [2.24, 2.45) is 0 Å². The van der Waals surface area contributed by atoms with Crippen molar-refractivity contribution in [2.75, 3.05) is 0 Å². The third-order valence-electron chi connectivity index (χ3n) is 41.4. The smallest absolute Gasteiger partial charge is 0.214 e. The van der Waals surface area contributed by atoms with Gasteiger partial charge in [-0.1, -0.05) is 224 Å². The first-order valence-corrected chi connectivity index (χ1v) is 48.9. The van der Waals surface area contributed by atoms with Gasteiger partial charge in [0.2, 0.25) is 0 Å². The monoisotopic (exact) mass is 1850 g/mol. The van der Waals surface area contributed by atoms with Gasteiger partial charge >= 0.3 is 39.0 Å². The maximum Gasteiger partial charge on any atom is 1.00 e. The molecule has 0 amide bonds. The second-order valence-electron chi connectivity index (χ2n) is 46.0. The Morgan fingerprint density at radius 3 is 0.963 bits per heavy atom. The van der Waals surface area contributed by atoms with Crippen LogP contribution in [0.5, 0.6) is 0 Å². The van der Waals surface area contributed by atoms with E-state index in [1.54, 1.807) is 338 Å². The van der Waals surface area contributed by atoms with Crippen molar-refractivity contribution in [3.63, 3.8) is 0 Å². The minimum atomic E-state index is -0.774. The Bertz CT molecular complexity index is 11300. The van der Waals surface area contributed by atoms with E-state index in [1.807, 2.05) is 60.7 Å². The van der Waals surface area contributed by atoms with E-state index in [2.05, 4.69) is 232 Å². The van der Waals surface area contributed by atoms with Crippen molar-refractivity contribution in [3.8, 4) is 11.1 Å². The van der Waals surface area contributed by atoms with E-state index < -0.39 is 37.9 Å². The predicted molar refractivity (Wildman–Crippen MR) is 539 cm³/mol. The molecule has 2 radical (unpaired) electrons. The zero-order valence-electron chi connectivity index (χ0n) is 74.2. The molecule has 610 valence electrons. The van der Waals surface area contributed by atoms with E-state index in [-0.39, 0.29) is 50.3 Å². The van der Waals surface area contributed by atoms with E-state index in [0.717, 1.165) is 0 Å². The molecule has 134 heavy (non-hydrogen) atoms. The predicted octanol–water partition coefficient (Wildman–Crippen LogP) is 29.6. The summed E-state index contributed by atoms with van der Waals surface area (Å²) in [6, 6.07) is 94.5. The minimum absolute atomic E-state index is 0. The molecule has 0 N–H and O–H groups in total. The van der Waals surface area contributed by atoms with Crippen molar-refractivity contribution in [1.82, 2.24) is 0 Å². The van der Waals surface area contributed by atoms with Crippen LogP contribution in [0.2, 0.25) is 0 Å². The van der Waals surface area contributed by atoms with Crippen molar-refractivity contribution in [2.45, 2.75) is 112 Å². The fourth-order valence-corrected chi connectivity index (χ4v) is 38.9. The van der Waals surface area contributed by atoms with Gasteiger partial charge in [0.25, 0.3) is 0 Å². The van der Waals surface area contributed by atoms with Crippen molar-refractivity contribution >= 4 is 194 Å². The van der Waals surface area contributed by atoms with Crippen LogP contribution in [0.15, 0.2) is 236 Å². The molecule has 0 saturated carbocycles. The number of allylic oxidation sites excluding steroid dienone is 2. The molecular formula is C132H66Ru2. The summed E-state index contributed by atoms with van der Waals surface area (Å²) in [4.78, 5) is 0. The van der Waals surface area contributed by atoms with Crippen molar-refractivity contribution in [3.05, 3.63) is 441 Å². The first kappa shape index (κ1) is 66.7. The molecule has 0 saturated heterocycles. The Kier molecular flexibility index (Phi) is 9.06. The topological polar surface area (TPSA) is 0 Å². The summed E-state index contributed by atoms with van der Waals surface area (Å²) >= 11 is 0. The average Bonchev–Trinajstić information content (AvgIpc) is 1.37. The number of hydrogen-bond acceptors (Lipinski definition) is 0. The third-order valence-corrected chi connectivity index (χ3v) is 41.4. The number of rotatable bonds is 7. The average molecular weight is 1850 g/mol. The van der Waals surface area contributed by atoms with Crippen molar-refractivity contribution in [1.29, 1.82) is 0 Å². The van der Waals surface area contributed by atoms with Crippen LogP contribution in [0, 0.1) is 52.0 Å². The zero-order chi connectivity index (χ0) is 84.3. The van der Waals surface area contributed by atoms with Crippen LogP contribution in [0.4, 0.5) is 0 Å². The van der Waals surface area contributed by atoms with E-state index in [0.29, 0.717) is 0 Å². The van der Waals surface area contributed by atoms with Crippen LogP contribution in [-0.2, 0) is 82.3 Å². The molecule has 8 atom stereocenters. The molecule has 19 aliphatic carbocycles. The van der Waals surface area contributed by atoms with Gasteiger partial charge in [-0.05, 0) is 429 Å². The van der Waals surface area contributed by atoms with Gasteiger partial charge in [0.15, 0.2) is 0 Å². The molecule has 0 bridgehead atoms. The Morgan fingerprint density at radius 1 is 0.201 bits per heavy atom. The van der Waals surface area contributed by atoms with Gasteiger partial charge in [-0.15, -0.1) is 0 Å². The molecule has 0 fully saturated rings. The Morgan fingerprint density at radius 2 is 0.485 bits per heavy atom. The fourth-order valence-electron chi connectivity index (χ4n) is 38.9. The second-order valence-corrected chi connectivity index (χ2v) is 46.0. The van der Waals surface area contributed by atoms with E-state index >= 15 is 0 Å². The number of hydrogen-bond donors (Lipinski definition) is 0. The molecule has 0 spiro atoms. The molecule has 19 aliphatic rings. The summed E-state index contributed by atoms with van der Waals surface area (Å²) in [7, 11) is 0. The standard InChI is InChI=1S/C122H56.2C5H5.2Ru/c1-38-10-22-45(23-11-38)117-95-70-59-56-54-53-52-55-58(56)71(95)81-66-63(55)69-65-57(52)62-60(53)78-79-61(54)64(59)77-74-67(70)82-90-86-87-91-83-68-75-85-88-89-76(68)99(87)120(48-28-16-41(4)17-29-48)106(89)112-93-92(107(103(81)117)122(112,114(108(82)117)111(90)120)50-32-20-43(6)21-33-50)73(66)94(69)116(100(88)93,51-36-34-44(35-37-51)115(7,8)9)96(85)72(65)84-80(62)102-105(78)121(49-30-18-42(5)19-31-49)104(79)101(77)119(97(74)86,47-26-14-40(3)15-27-47)110(91)113(121)109(83)118(102,98(75)84)46-24-12-39(2)13-25-46;2*1-2-4-5-3-1;;/h10-37,94H,1-9H3;2*1-5H;;/q;2*-1;2*+1/t94-,116?,117?,118?,119+,120+,121+,122-;;;;/m1..../s1. The van der Waals surface area contributed by atoms with Crippen LogP contribution < -0.4 is 5.22 Å². The second kappa shape index (κ2) is 18.2. The first-order chi connectivity index (χ1) is 64.8. The number of benzene rings is 22. The van der Waals surface area contributed by atoms with Gasteiger partial charge in [0, 0.05) is 5.92 Å². The van der Waals surface area contributed by atoms with Gasteiger partial charge in [-0.25, -0.2) is 24.3 Å². The molecule has 2 heteroatoms. The van der Waals surface area contributed by atoms with Crippen LogP contribution in [-0.4, -0.2) is 0 Å². The van der Waals surface area contributed by atoms with Gasteiger partial charge < -0.3 is 0 Å². The van der Waals surface area contributed by atoms with Crippen LogP contribution >= 0.6 is 0 Å². The summed E-state index contributed by atoms with van der Waals surface area (Å²) in [6.07, 6.45) is 0. The minimum Gasteiger partial charge on any atom is -0.214 e. The normalized spacial score (nSPS) is 24.3. The Hall–Kier alpha value is -13.6. The zero-order valence-corrected chi connectivity index (χ0v) is 77.7. The molecule has 0 aromatic heterocycles. The van der Waals surface area contributed by atoms with Crippen LogP contribution in [0.1, 0.15) is 216 Å². The molecule has 0 nitrogen and oxygen atoms in total. The largest absolute Gasteiger partial charge is 1.00 e. The quantitative estimate of drug-likeness (QED) is 0.0646. The Balaban J connectivity index is 0.000000569. The van der Waals surface area contributed by atoms with Crippen LogP contribution in [0.25, 0.3) is 205 Å². The summed E-state index contributed by atoms with van der Waals surface area (Å²) < 4.78 is 0. The van der Waals surface area contributed by atoms with E-state index in [1.165, 1.54) is 77.9 Å². The summed E-state index contributed by atoms with van der Waals surface area (Å²) in [6.45, 7) is 21.6. The van der Waals surface area contributed by atoms with Gasteiger partial charge in [-0.2, -0.15) is 36.4 Å². The van der Waals surface area contributed by atoms with Gasteiger partial charge in [0.1, 0.15) is 0 Å².